The minimum absolute atomic E-state index is 0.102. The fourth-order valence-electron chi connectivity index (χ4n) is 3.40. The fraction of sp³-hybridized carbons (Fsp3) is 0.450. The van der Waals surface area contributed by atoms with Crippen LogP contribution in [0.1, 0.15) is 30.2 Å². The van der Waals surface area contributed by atoms with Crippen molar-refractivity contribution < 1.29 is 13.2 Å². The van der Waals surface area contributed by atoms with Crippen LogP contribution >= 0.6 is 11.3 Å². The molecular weight excluding hydrogens is 380 g/mol. The number of rotatable bonds is 6. The standard InChI is InChI=1S/C20H26N2O3S2/c1-3-21(15-18-5-4-14-26-18)20(23)17-10-12-22(13-11-17)27(24,25)19-8-6-16(2)7-9-19/h4-9,14,17H,3,10-13,15H2,1-2H3. The predicted molar refractivity (Wildman–Crippen MR) is 108 cm³/mol. The van der Waals surface area contributed by atoms with Gasteiger partial charge in [-0.1, -0.05) is 23.8 Å². The Bertz CT molecular complexity index is 853. The molecule has 146 valence electrons. The van der Waals surface area contributed by atoms with Crippen LogP contribution in [0.4, 0.5) is 0 Å². The summed E-state index contributed by atoms with van der Waals surface area (Å²) >= 11 is 1.65. The van der Waals surface area contributed by atoms with Crippen LogP contribution in [0.15, 0.2) is 46.7 Å². The van der Waals surface area contributed by atoms with E-state index < -0.39 is 10.0 Å². The van der Waals surface area contributed by atoms with E-state index in [4.69, 9.17) is 0 Å². The summed E-state index contributed by atoms with van der Waals surface area (Å²) in [5.74, 6) is 0.0349. The lowest BCUT2D eigenvalue weighted by Gasteiger charge is -2.33. The number of benzene rings is 1. The van der Waals surface area contributed by atoms with Gasteiger partial charge in [-0.2, -0.15) is 4.31 Å². The van der Waals surface area contributed by atoms with Crippen LogP contribution in [0.5, 0.6) is 0 Å². The van der Waals surface area contributed by atoms with Crippen molar-refractivity contribution in [1.29, 1.82) is 0 Å². The third kappa shape index (κ3) is 4.59. The molecule has 0 unspecified atom stereocenters. The van der Waals surface area contributed by atoms with Gasteiger partial charge in [0.25, 0.3) is 0 Å². The summed E-state index contributed by atoms with van der Waals surface area (Å²) in [6, 6.07) is 11.0. The Balaban J connectivity index is 1.62. The minimum atomic E-state index is -3.48. The van der Waals surface area contributed by atoms with E-state index in [1.54, 1.807) is 23.5 Å². The molecule has 0 saturated carbocycles. The summed E-state index contributed by atoms with van der Waals surface area (Å²) in [6.07, 6.45) is 1.15. The lowest BCUT2D eigenvalue weighted by molar-refractivity contribution is -0.137. The maximum Gasteiger partial charge on any atom is 0.243 e. The number of thiophene rings is 1. The number of piperidine rings is 1. The van der Waals surface area contributed by atoms with Crippen LogP contribution < -0.4 is 0 Å². The summed E-state index contributed by atoms with van der Waals surface area (Å²) in [5.41, 5.74) is 1.03. The summed E-state index contributed by atoms with van der Waals surface area (Å²) in [4.78, 5) is 16.3. The van der Waals surface area contributed by atoms with Crippen molar-refractivity contribution in [3.8, 4) is 0 Å². The quantitative estimate of drug-likeness (QED) is 0.738. The van der Waals surface area contributed by atoms with E-state index in [1.807, 2.05) is 48.4 Å². The monoisotopic (exact) mass is 406 g/mol. The van der Waals surface area contributed by atoms with Gasteiger partial charge in [0.1, 0.15) is 0 Å². The van der Waals surface area contributed by atoms with Crippen LogP contribution in [0.2, 0.25) is 0 Å². The second kappa shape index (κ2) is 8.54. The van der Waals surface area contributed by atoms with Gasteiger partial charge in [0.05, 0.1) is 11.4 Å². The molecule has 1 aromatic heterocycles. The molecule has 0 spiro atoms. The molecule has 2 heterocycles. The van der Waals surface area contributed by atoms with Crippen molar-refractivity contribution in [2.24, 2.45) is 5.92 Å². The highest BCUT2D eigenvalue weighted by Gasteiger charge is 2.33. The Kier molecular flexibility index (Phi) is 6.34. The molecule has 1 amide bonds. The highest BCUT2D eigenvalue weighted by molar-refractivity contribution is 7.89. The lowest BCUT2D eigenvalue weighted by atomic mass is 9.96. The zero-order chi connectivity index (χ0) is 19.4. The van der Waals surface area contributed by atoms with Gasteiger partial charge in [0.15, 0.2) is 0 Å². The molecule has 7 heteroatoms. The average molecular weight is 407 g/mol. The molecule has 1 aliphatic rings. The molecule has 2 aromatic rings. The van der Waals surface area contributed by atoms with Gasteiger partial charge in [-0.25, -0.2) is 8.42 Å². The first-order chi connectivity index (χ1) is 12.9. The van der Waals surface area contributed by atoms with Gasteiger partial charge in [0.2, 0.25) is 15.9 Å². The number of sulfonamides is 1. The number of aryl methyl sites for hydroxylation is 1. The summed E-state index contributed by atoms with van der Waals surface area (Å²) in [5, 5.41) is 2.02. The molecule has 1 aliphatic heterocycles. The molecule has 0 bridgehead atoms. The fourth-order valence-corrected chi connectivity index (χ4v) is 5.59. The van der Waals surface area contributed by atoms with Crippen LogP contribution in [-0.4, -0.2) is 43.2 Å². The van der Waals surface area contributed by atoms with E-state index >= 15 is 0 Å². The lowest BCUT2D eigenvalue weighted by Crippen LogP contribution is -2.44. The maximum absolute atomic E-state index is 12.9. The third-order valence-electron chi connectivity index (χ3n) is 5.08. The smallest absolute Gasteiger partial charge is 0.243 e. The molecule has 0 aliphatic carbocycles. The van der Waals surface area contributed by atoms with Crippen molar-refractivity contribution in [2.75, 3.05) is 19.6 Å². The number of hydrogen-bond donors (Lipinski definition) is 0. The van der Waals surface area contributed by atoms with Crippen molar-refractivity contribution in [3.05, 3.63) is 52.2 Å². The number of carbonyl (C=O) groups is 1. The molecule has 1 saturated heterocycles. The normalized spacial score (nSPS) is 16.4. The zero-order valence-electron chi connectivity index (χ0n) is 15.8. The number of hydrogen-bond acceptors (Lipinski definition) is 4. The molecule has 0 radical (unpaired) electrons. The third-order valence-corrected chi connectivity index (χ3v) is 7.86. The van der Waals surface area contributed by atoms with Crippen molar-refractivity contribution in [2.45, 2.75) is 38.1 Å². The first kappa shape index (κ1) is 20.0. The highest BCUT2D eigenvalue weighted by Crippen LogP contribution is 2.26. The van der Waals surface area contributed by atoms with E-state index in [9.17, 15) is 13.2 Å². The summed E-state index contributed by atoms with van der Waals surface area (Å²) < 4.78 is 27.1. The molecular formula is C20H26N2O3S2. The van der Waals surface area contributed by atoms with Gasteiger partial charge in [-0.3, -0.25) is 4.79 Å². The second-order valence-electron chi connectivity index (χ2n) is 6.92. The van der Waals surface area contributed by atoms with E-state index in [0.717, 1.165) is 5.56 Å². The SMILES string of the molecule is CCN(Cc1cccs1)C(=O)C1CCN(S(=O)(=O)c2ccc(C)cc2)CC1. The molecule has 3 rings (SSSR count). The van der Waals surface area contributed by atoms with Gasteiger partial charge in [-0.05, 0) is 50.3 Å². The molecule has 1 aromatic carbocycles. The molecule has 1 fully saturated rings. The van der Waals surface area contributed by atoms with E-state index in [2.05, 4.69) is 0 Å². The van der Waals surface area contributed by atoms with Gasteiger partial charge in [0, 0.05) is 30.4 Å². The van der Waals surface area contributed by atoms with Gasteiger partial charge < -0.3 is 4.90 Å². The Labute approximate surface area is 165 Å². The predicted octanol–water partition coefficient (Wildman–Crippen LogP) is 3.51. The largest absolute Gasteiger partial charge is 0.338 e. The van der Waals surface area contributed by atoms with Crippen LogP contribution in [-0.2, 0) is 21.4 Å². The zero-order valence-corrected chi connectivity index (χ0v) is 17.4. The van der Waals surface area contributed by atoms with Crippen LogP contribution in [0.3, 0.4) is 0 Å². The van der Waals surface area contributed by atoms with Crippen molar-refractivity contribution in [3.63, 3.8) is 0 Å². The number of amides is 1. The van der Waals surface area contributed by atoms with Crippen molar-refractivity contribution >= 4 is 27.3 Å². The van der Waals surface area contributed by atoms with Crippen LogP contribution in [0.25, 0.3) is 0 Å². The van der Waals surface area contributed by atoms with Crippen molar-refractivity contribution in [1.82, 2.24) is 9.21 Å². The van der Waals surface area contributed by atoms with E-state index in [-0.39, 0.29) is 11.8 Å². The Hall–Kier alpha value is -1.70. The first-order valence-corrected chi connectivity index (χ1v) is 11.6. The first-order valence-electron chi connectivity index (χ1n) is 9.30. The average Bonchev–Trinajstić information content (AvgIpc) is 3.19. The Morgan fingerprint density at radius 1 is 1.19 bits per heavy atom. The van der Waals surface area contributed by atoms with Crippen LogP contribution in [0, 0.1) is 12.8 Å². The Morgan fingerprint density at radius 2 is 1.85 bits per heavy atom. The van der Waals surface area contributed by atoms with Gasteiger partial charge in [-0.15, -0.1) is 11.3 Å². The molecule has 5 nitrogen and oxygen atoms in total. The second-order valence-corrected chi connectivity index (χ2v) is 9.89. The van der Waals surface area contributed by atoms with E-state index in [0.29, 0.717) is 43.9 Å². The van der Waals surface area contributed by atoms with E-state index in [1.165, 1.54) is 9.18 Å². The Morgan fingerprint density at radius 3 is 2.41 bits per heavy atom. The number of carbonyl (C=O) groups excluding carboxylic acids is 1. The topological polar surface area (TPSA) is 57.7 Å². The molecule has 0 atom stereocenters. The highest BCUT2D eigenvalue weighted by atomic mass is 32.2. The summed E-state index contributed by atoms with van der Waals surface area (Å²) in [6.45, 7) is 6.01. The molecule has 0 N–H and O–H groups in total. The van der Waals surface area contributed by atoms with Gasteiger partial charge >= 0.3 is 0 Å². The minimum Gasteiger partial charge on any atom is -0.338 e. The molecule has 27 heavy (non-hydrogen) atoms. The summed E-state index contributed by atoms with van der Waals surface area (Å²) in [7, 11) is -3.48. The number of nitrogens with zero attached hydrogens (tertiary/aromatic N) is 2. The maximum atomic E-state index is 12.9.